The number of aromatic amines is 5. The van der Waals surface area contributed by atoms with Crippen LogP contribution in [-0.2, 0) is 51.1 Å². The summed E-state index contributed by atoms with van der Waals surface area (Å²) in [7, 11) is 7.35. The van der Waals surface area contributed by atoms with Crippen LogP contribution in [0.15, 0.2) is 138 Å². The number of piperidine rings is 1. The summed E-state index contributed by atoms with van der Waals surface area (Å²) in [6, 6.07) is 25.2. The minimum Gasteiger partial charge on any atom is -0.476 e. The number of ether oxygens (including phenoxy) is 2. The largest absolute Gasteiger partial charge is 0.476 e. The van der Waals surface area contributed by atoms with Gasteiger partial charge in [0.25, 0.3) is 27.8 Å². The fourth-order valence-corrected chi connectivity index (χ4v) is 13.0. The lowest BCUT2D eigenvalue weighted by Gasteiger charge is -2.26. The molecule has 5 aromatic heterocycles. The van der Waals surface area contributed by atoms with Gasteiger partial charge < -0.3 is 65.5 Å². The van der Waals surface area contributed by atoms with E-state index in [0.29, 0.717) is 73.6 Å². The van der Waals surface area contributed by atoms with Gasteiger partial charge in [-0.15, -0.1) is 0 Å². The van der Waals surface area contributed by atoms with Gasteiger partial charge in [0.05, 0.1) is 74.3 Å². The minimum atomic E-state index is -0.432. The fraction of sp³-hybridized carbons (Fsp3) is 0.431. The number of hydrogen-bond donors (Lipinski definition) is 9. The third-order valence-corrected chi connectivity index (χ3v) is 19.0. The van der Waals surface area contributed by atoms with Gasteiger partial charge in [0.15, 0.2) is 0 Å². The van der Waals surface area contributed by atoms with Crippen LogP contribution in [0.5, 0.6) is 0 Å². The van der Waals surface area contributed by atoms with Crippen molar-refractivity contribution in [3.8, 4) is 0 Å². The van der Waals surface area contributed by atoms with Gasteiger partial charge in [0.1, 0.15) is 6.61 Å². The SMILES string of the molecule is Cn1c(=O)[nH]c2c3c(ccc2c1=O)NCC3.Cn1c(=O)[nH]c2cc(C3=NCCO3)ccc2c1=O.Cn1c(=O)[nH]c2cc(NCCCN3CCCC3)ccc2c1=O.Cn1c(=O)[nH]c2cc(NCCCN3CCCCC3)ccc2c1=O.Cn1c(=O)[nH]c2cc(NCCCN3CCOCC3)ccc2c1=O. The van der Waals surface area contributed by atoms with Crippen LogP contribution in [0.2, 0.25) is 0 Å². The molecule has 0 atom stereocenters. The first-order valence-corrected chi connectivity index (χ1v) is 34.8. The third-order valence-electron chi connectivity index (χ3n) is 19.0. The Morgan fingerprint density at radius 2 is 0.784 bits per heavy atom. The summed E-state index contributed by atoms with van der Waals surface area (Å²) < 4.78 is 16.1. The highest BCUT2D eigenvalue weighted by Gasteiger charge is 2.19. The van der Waals surface area contributed by atoms with Gasteiger partial charge in [-0.1, -0.05) is 6.42 Å². The van der Waals surface area contributed by atoms with E-state index in [1.807, 2.05) is 42.5 Å². The van der Waals surface area contributed by atoms with E-state index in [9.17, 15) is 47.9 Å². The predicted molar refractivity (Wildman–Crippen MR) is 401 cm³/mol. The molecule has 5 aromatic carbocycles. The summed E-state index contributed by atoms with van der Waals surface area (Å²) in [5.41, 5.74) is 5.17. The Kier molecular flexibility index (Phi) is 23.9. The first kappa shape index (κ1) is 72.6. The first-order chi connectivity index (χ1) is 49.3. The zero-order valence-electron chi connectivity index (χ0n) is 58.4. The molecule has 10 aromatic rings. The van der Waals surface area contributed by atoms with Crippen molar-refractivity contribution >= 4 is 83.2 Å². The molecular formula is C72H90N18O12. The molecule has 102 heavy (non-hydrogen) atoms. The topological polar surface area (TPSA) is 363 Å². The van der Waals surface area contributed by atoms with Gasteiger partial charge in [0.2, 0.25) is 5.90 Å². The van der Waals surface area contributed by atoms with E-state index in [2.05, 4.69) is 65.9 Å². The number of H-pyrrole nitrogens is 5. The van der Waals surface area contributed by atoms with E-state index in [4.69, 9.17) is 9.47 Å². The highest BCUT2D eigenvalue weighted by atomic mass is 16.5. The van der Waals surface area contributed by atoms with Crippen molar-refractivity contribution in [3.05, 3.63) is 200 Å². The van der Waals surface area contributed by atoms with Crippen LogP contribution in [0.3, 0.4) is 0 Å². The van der Waals surface area contributed by atoms with Gasteiger partial charge in [0, 0.05) is 108 Å². The zero-order valence-corrected chi connectivity index (χ0v) is 58.4. The number of benzene rings is 5. The molecule has 5 aliphatic rings. The van der Waals surface area contributed by atoms with E-state index < -0.39 is 11.4 Å². The molecule has 0 spiro atoms. The third kappa shape index (κ3) is 17.5. The van der Waals surface area contributed by atoms with Crippen LogP contribution >= 0.6 is 0 Å². The number of likely N-dealkylation sites (tertiary alicyclic amines) is 2. The Morgan fingerprint density at radius 3 is 1.21 bits per heavy atom. The van der Waals surface area contributed by atoms with Gasteiger partial charge in [-0.05, 0) is 182 Å². The van der Waals surface area contributed by atoms with Crippen molar-refractivity contribution < 1.29 is 9.47 Å². The van der Waals surface area contributed by atoms with E-state index in [-0.39, 0.29) is 44.9 Å². The normalized spacial score (nSPS) is 15.2. The molecular weight excluding hydrogens is 1310 g/mol. The molecule has 0 amide bonds. The lowest BCUT2D eigenvalue weighted by atomic mass is 10.1. The monoisotopic (exact) mass is 1400 g/mol. The van der Waals surface area contributed by atoms with Crippen molar-refractivity contribution in [2.24, 2.45) is 40.2 Å². The van der Waals surface area contributed by atoms with E-state index in [1.165, 1.54) is 93.5 Å². The number of fused-ring (bicyclic) bond motifs is 7. The number of aliphatic imine (C=N–C) groups is 1. The Morgan fingerprint density at radius 1 is 0.412 bits per heavy atom. The molecule has 0 aliphatic carbocycles. The van der Waals surface area contributed by atoms with E-state index >= 15 is 0 Å². The second-order valence-electron chi connectivity index (χ2n) is 26.0. The number of hydrogen-bond acceptors (Lipinski definition) is 20. The molecule has 30 heteroatoms. The molecule has 30 nitrogen and oxygen atoms in total. The molecule has 15 rings (SSSR count). The van der Waals surface area contributed by atoms with Crippen LogP contribution in [-0.4, -0.2) is 180 Å². The Bertz CT molecular complexity index is 5210. The molecule has 3 fully saturated rings. The fourth-order valence-electron chi connectivity index (χ4n) is 13.0. The minimum absolute atomic E-state index is 0.242. The summed E-state index contributed by atoms with van der Waals surface area (Å²) in [5.74, 6) is 0.554. The number of nitrogens with one attached hydrogen (secondary N) is 9. The second kappa shape index (κ2) is 33.7. The van der Waals surface area contributed by atoms with Crippen LogP contribution in [0, 0.1) is 0 Å². The lowest BCUT2D eigenvalue weighted by Crippen LogP contribution is -2.37. The maximum absolute atomic E-state index is 12.0. The van der Waals surface area contributed by atoms with Crippen LogP contribution in [0.1, 0.15) is 62.5 Å². The van der Waals surface area contributed by atoms with Gasteiger partial charge in [-0.25, -0.2) is 29.0 Å². The summed E-state index contributed by atoms with van der Waals surface area (Å²) in [4.78, 5) is 143. The van der Waals surface area contributed by atoms with Crippen molar-refractivity contribution in [1.82, 2.24) is 62.5 Å². The zero-order chi connectivity index (χ0) is 72.0. The average Bonchev–Trinajstić information content (AvgIpc) is 1.46. The van der Waals surface area contributed by atoms with Crippen molar-refractivity contribution in [3.63, 3.8) is 0 Å². The van der Waals surface area contributed by atoms with Gasteiger partial charge in [-0.3, -0.25) is 51.7 Å². The number of aromatic nitrogens is 10. The number of anilines is 4. The van der Waals surface area contributed by atoms with Crippen LogP contribution in [0.4, 0.5) is 22.7 Å². The smallest absolute Gasteiger partial charge is 0.328 e. The average molecular weight is 1400 g/mol. The summed E-state index contributed by atoms with van der Waals surface area (Å²) in [5, 5.41) is 15.9. The van der Waals surface area contributed by atoms with Crippen molar-refractivity contribution in [2.75, 3.05) is 133 Å². The Hall–Kier alpha value is -10.7. The van der Waals surface area contributed by atoms with Gasteiger partial charge in [-0.2, -0.15) is 0 Å². The lowest BCUT2D eigenvalue weighted by molar-refractivity contribution is 0.0378. The molecule has 0 radical (unpaired) electrons. The molecule has 0 unspecified atom stereocenters. The Labute approximate surface area is 583 Å². The maximum atomic E-state index is 12.0. The van der Waals surface area contributed by atoms with Crippen LogP contribution < -0.4 is 77.5 Å². The van der Waals surface area contributed by atoms with Gasteiger partial charge >= 0.3 is 28.4 Å². The Balaban J connectivity index is 0.000000129. The van der Waals surface area contributed by atoms with E-state index in [1.54, 1.807) is 42.5 Å². The van der Waals surface area contributed by atoms with Crippen molar-refractivity contribution in [1.29, 1.82) is 0 Å². The van der Waals surface area contributed by atoms with Crippen molar-refractivity contribution in [2.45, 2.75) is 57.8 Å². The summed E-state index contributed by atoms with van der Waals surface area (Å²) >= 11 is 0. The highest BCUT2D eigenvalue weighted by Crippen LogP contribution is 2.27. The standard InChI is InChI=1S/C17H24N4O2.C16H22N4O3.C16H22N4O2.C12H11N3O3.C11H11N3O2/c1-20-16(22)14-7-6-13(12-15(14)19-17(20)23)18-8-5-11-21-9-3-2-4-10-21;1-19-15(21)13-4-3-12(11-14(13)18-16(19)22)17-5-2-6-20-7-9-23-10-8-20;1-19-15(21)13-6-5-12(11-14(13)18-16(19)22)17-7-4-10-20-8-2-3-9-20;1-15-11(16)8-3-2-7(10-13-4-5-18-10)6-9(8)14-12(15)17;1-14-10(15)7-2-3-8-6(4-5-12-8)9(7)13-11(14)16/h6-7,12,18H,2-5,8-11H2,1H3,(H,19,23);3-4,11,17H,2,5-10H2,1H3,(H,18,22);5-6,11,17H,2-4,7-10H2,1H3,(H,18,22);2-3,6H,4-5H2,1H3,(H,14,17);2-3,12H,4-5H2,1H3,(H,13,16). The van der Waals surface area contributed by atoms with Crippen LogP contribution in [0.25, 0.3) is 54.5 Å². The first-order valence-electron chi connectivity index (χ1n) is 34.8. The molecule has 0 bridgehead atoms. The molecule has 10 heterocycles. The number of morpholine rings is 1. The molecule has 5 aliphatic heterocycles. The second-order valence-corrected chi connectivity index (χ2v) is 26.0. The number of nitrogens with zero attached hydrogens (tertiary/aromatic N) is 9. The number of rotatable bonds is 16. The molecule has 9 N–H and O–H groups in total. The molecule has 540 valence electrons. The summed E-state index contributed by atoms with van der Waals surface area (Å²) in [6.45, 7) is 16.5. The quantitative estimate of drug-likeness (QED) is 0.0627. The molecule has 3 saturated heterocycles. The molecule has 0 saturated carbocycles. The predicted octanol–water partition coefficient (Wildman–Crippen LogP) is 3.20. The summed E-state index contributed by atoms with van der Waals surface area (Å²) in [6.07, 6.45) is 10.7. The highest BCUT2D eigenvalue weighted by molar-refractivity contribution is 5.98. The van der Waals surface area contributed by atoms with E-state index in [0.717, 1.165) is 155 Å². The maximum Gasteiger partial charge on any atom is 0.328 e.